The van der Waals surface area contributed by atoms with Gasteiger partial charge in [-0.15, -0.1) is 0 Å². The number of allylic oxidation sites excluding steroid dienone is 1. The lowest BCUT2D eigenvalue weighted by Gasteiger charge is -2.14. The Hall–Kier alpha value is -2.02. The van der Waals surface area contributed by atoms with Crippen LogP contribution >= 0.6 is 0 Å². The number of hydrogen-bond donors (Lipinski definition) is 0. The molecular weight excluding hydrogens is 242 g/mol. The molecular formula is C19H25N. The fourth-order valence-corrected chi connectivity index (χ4v) is 1.88. The zero-order valence-corrected chi connectivity index (χ0v) is 13.0. The third-order valence-electron chi connectivity index (χ3n) is 2.94. The molecule has 0 spiro atoms. The molecule has 0 atom stereocenters. The average molecular weight is 267 g/mol. The highest BCUT2D eigenvalue weighted by molar-refractivity contribution is 5.51. The molecule has 0 saturated carbocycles. The Morgan fingerprint density at radius 1 is 0.900 bits per heavy atom. The maximum Gasteiger partial charge on any atom is 0.0390 e. The molecule has 0 bridgehead atoms. The van der Waals surface area contributed by atoms with E-state index in [9.17, 15) is 0 Å². The molecule has 0 unspecified atom stereocenters. The standard InChI is InChI=1S/C10H12.C9H13N/c1-2-3-7-10-8-5-4-6-9-10;1-8-6-4-5-7-9(8)10(2)3/h3-9H,2H2,1H3;4-7H,1-3H3. The SMILES string of the molecule is CCC=Cc1ccccc1.Cc1ccccc1N(C)C. The summed E-state index contributed by atoms with van der Waals surface area (Å²) in [5.74, 6) is 0. The number of para-hydroxylation sites is 1. The summed E-state index contributed by atoms with van der Waals surface area (Å²) in [6.07, 6.45) is 5.41. The minimum Gasteiger partial charge on any atom is -0.377 e. The molecule has 106 valence electrons. The van der Waals surface area contributed by atoms with Crippen LogP contribution in [0, 0.1) is 6.92 Å². The van der Waals surface area contributed by atoms with Crippen LogP contribution in [-0.2, 0) is 0 Å². The first-order valence-corrected chi connectivity index (χ1v) is 7.09. The molecule has 0 saturated heterocycles. The third kappa shape index (κ3) is 5.75. The molecule has 0 amide bonds. The first-order valence-electron chi connectivity index (χ1n) is 7.09. The minimum absolute atomic E-state index is 1.11. The molecule has 0 aliphatic heterocycles. The van der Waals surface area contributed by atoms with Gasteiger partial charge in [0.05, 0.1) is 0 Å². The van der Waals surface area contributed by atoms with E-state index in [1.165, 1.54) is 16.8 Å². The Morgan fingerprint density at radius 3 is 2.00 bits per heavy atom. The van der Waals surface area contributed by atoms with Gasteiger partial charge < -0.3 is 4.90 Å². The number of anilines is 1. The van der Waals surface area contributed by atoms with Crippen molar-refractivity contribution in [3.05, 3.63) is 71.8 Å². The molecule has 1 nitrogen and oxygen atoms in total. The predicted molar refractivity (Wildman–Crippen MR) is 91.3 cm³/mol. The fourth-order valence-electron chi connectivity index (χ4n) is 1.88. The van der Waals surface area contributed by atoms with Gasteiger partial charge in [0.15, 0.2) is 0 Å². The van der Waals surface area contributed by atoms with E-state index in [0.717, 1.165) is 6.42 Å². The second-order valence-corrected chi connectivity index (χ2v) is 4.90. The molecule has 0 N–H and O–H groups in total. The van der Waals surface area contributed by atoms with Gasteiger partial charge in [0.2, 0.25) is 0 Å². The van der Waals surface area contributed by atoms with Crippen molar-refractivity contribution in [1.29, 1.82) is 0 Å². The van der Waals surface area contributed by atoms with E-state index < -0.39 is 0 Å². The highest BCUT2D eigenvalue weighted by Gasteiger charge is 1.95. The van der Waals surface area contributed by atoms with Crippen molar-refractivity contribution >= 4 is 11.8 Å². The smallest absolute Gasteiger partial charge is 0.0390 e. The molecule has 0 aromatic heterocycles. The van der Waals surface area contributed by atoms with Crippen molar-refractivity contribution < 1.29 is 0 Å². The molecule has 0 heterocycles. The van der Waals surface area contributed by atoms with E-state index in [1.54, 1.807) is 0 Å². The van der Waals surface area contributed by atoms with Gasteiger partial charge in [-0.3, -0.25) is 0 Å². The zero-order chi connectivity index (χ0) is 14.8. The van der Waals surface area contributed by atoms with E-state index in [2.05, 4.69) is 93.5 Å². The van der Waals surface area contributed by atoms with E-state index in [1.807, 2.05) is 6.07 Å². The summed E-state index contributed by atoms with van der Waals surface area (Å²) >= 11 is 0. The summed E-state index contributed by atoms with van der Waals surface area (Å²) in [4.78, 5) is 2.12. The van der Waals surface area contributed by atoms with Gasteiger partial charge in [0.1, 0.15) is 0 Å². The van der Waals surface area contributed by atoms with Gasteiger partial charge >= 0.3 is 0 Å². The van der Waals surface area contributed by atoms with Crippen LogP contribution in [0.4, 0.5) is 5.69 Å². The number of rotatable bonds is 3. The van der Waals surface area contributed by atoms with Crippen LogP contribution in [0.15, 0.2) is 60.7 Å². The van der Waals surface area contributed by atoms with E-state index >= 15 is 0 Å². The molecule has 0 fully saturated rings. The van der Waals surface area contributed by atoms with E-state index in [0.29, 0.717) is 0 Å². The second kappa shape index (κ2) is 8.98. The first kappa shape index (κ1) is 16.0. The maximum atomic E-state index is 2.16. The minimum atomic E-state index is 1.11. The number of benzene rings is 2. The van der Waals surface area contributed by atoms with Gasteiger partial charge in [-0.25, -0.2) is 0 Å². The Balaban J connectivity index is 0.000000200. The van der Waals surface area contributed by atoms with Gasteiger partial charge in [-0.2, -0.15) is 0 Å². The number of aryl methyl sites for hydroxylation is 1. The van der Waals surface area contributed by atoms with Crippen LogP contribution in [0.25, 0.3) is 6.08 Å². The Kier molecular flexibility index (Phi) is 7.20. The van der Waals surface area contributed by atoms with Crippen LogP contribution in [0.2, 0.25) is 0 Å². The summed E-state index contributed by atoms with van der Waals surface area (Å²) in [5.41, 5.74) is 3.90. The van der Waals surface area contributed by atoms with Crippen LogP contribution in [0.5, 0.6) is 0 Å². The van der Waals surface area contributed by atoms with Crippen molar-refractivity contribution in [2.24, 2.45) is 0 Å². The predicted octanol–water partition coefficient (Wildman–Crippen LogP) is 5.17. The Labute approximate surface area is 123 Å². The zero-order valence-electron chi connectivity index (χ0n) is 13.0. The maximum absolute atomic E-state index is 2.16. The molecule has 2 rings (SSSR count). The summed E-state index contributed by atoms with van der Waals surface area (Å²) in [6, 6.07) is 18.7. The first-order chi connectivity index (χ1) is 9.65. The summed E-state index contributed by atoms with van der Waals surface area (Å²) in [6.45, 7) is 4.26. The monoisotopic (exact) mass is 267 g/mol. The lowest BCUT2D eigenvalue weighted by atomic mass is 10.2. The molecule has 0 radical (unpaired) electrons. The van der Waals surface area contributed by atoms with Crippen molar-refractivity contribution in [3.8, 4) is 0 Å². The lowest BCUT2D eigenvalue weighted by Crippen LogP contribution is -2.09. The normalized spacial score (nSPS) is 10.0. The summed E-state index contributed by atoms with van der Waals surface area (Å²) in [7, 11) is 4.12. The number of nitrogens with zero attached hydrogens (tertiary/aromatic N) is 1. The molecule has 0 aliphatic rings. The van der Waals surface area contributed by atoms with Gasteiger partial charge in [-0.05, 0) is 30.5 Å². The van der Waals surface area contributed by atoms with Crippen LogP contribution in [0.3, 0.4) is 0 Å². The second-order valence-electron chi connectivity index (χ2n) is 4.90. The van der Waals surface area contributed by atoms with Crippen molar-refractivity contribution in [1.82, 2.24) is 0 Å². The molecule has 2 aromatic carbocycles. The largest absolute Gasteiger partial charge is 0.377 e. The van der Waals surface area contributed by atoms with E-state index in [4.69, 9.17) is 0 Å². The summed E-state index contributed by atoms with van der Waals surface area (Å²) < 4.78 is 0. The van der Waals surface area contributed by atoms with E-state index in [-0.39, 0.29) is 0 Å². The highest BCUT2D eigenvalue weighted by Crippen LogP contribution is 2.15. The van der Waals surface area contributed by atoms with Gasteiger partial charge in [0.25, 0.3) is 0 Å². The Bertz CT molecular complexity index is 512. The molecule has 2 aromatic rings. The fraction of sp³-hybridized carbons (Fsp3) is 0.263. The summed E-state index contributed by atoms with van der Waals surface area (Å²) in [5, 5.41) is 0. The van der Waals surface area contributed by atoms with Gasteiger partial charge in [-0.1, -0.05) is 67.6 Å². The van der Waals surface area contributed by atoms with Crippen molar-refractivity contribution in [2.45, 2.75) is 20.3 Å². The highest BCUT2D eigenvalue weighted by atomic mass is 15.1. The lowest BCUT2D eigenvalue weighted by molar-refractivity contribution is 1.11. The molecule has 0 aliphatic carbocycles. The van der Waals surface area contributed by atoms with Crippen LogP contribution in [-0.4, -0.2) is 14.1 Å². The van der Waals surface area contributed by atoms with Crippen molar-refractivity contribution in [2.75, 3.05) is 19.0 Å². The number of hydrogen-bond acceptors (Lipinski definition) is 1. The average Bonchev–Trinajstić information content (AvgIpc) is 2.47. The van der Waals surface area contributed by atoms with Gasteiger partial charge in [0, 0.05) is 19.8 Å². The van der Waals surface area contributed by atoms with Crippen LogP contribution < -0.4 is 4.90 Å². The molecule has 1 heteroatoms. The topological polar surface area (TPSA) is 3.24 Å². The molecule has 20 heavy (non-hydrogen) atoms. The van der Waals surface area contributed by atoms with Crippen molar-refractivity contribution in [3.63, 3.8) is 0 Å². The van der Waals surface area contributed by atoms with Crippen LogP contribution in [0.1, 0.15) is 24.5 Å². The Morgan fingerprint density at radius 2 is 1.50 bits per heavy atom. The quantitative estimate of drug-likeness (QED) is 0.741. The third-order valence-corrected chi connectivity index (χ3v) is 2.94.